The zero-order chi connectivity index (χ0) is 16.4. The quantitative estimate of drug-likeness (QED) is 0.778. The number of nitrogens with one attached hydrogen (secondary N) is 2. The van der Waals surface area contributed by atoms with Crippen molar-refractivity contribution in [2.24, 2.45) is 0 Å². The summed E-state index contributed by atoms with van der Waals surface area (Å²) < 4.78 is 39.4. The molecule has 0 saturated carbocycles. The van der Waals surface area contributed by atoms with Crippen LogP contribution in [-0.4, -0.2) is 26.3 Å². The van der Waals surface area contributed by atoms with Crippen LogP contribution >= 0.6 is 0 Å². The largest absolute Gasteiger partial charge is 0.417 e. The third-order valence-corrected chi connectivity index (χ3v) is 3.13. The molecule has 0 fully saturated rings. The summed E-state index contributed by atoms with van der Waals surface area (Å²) in [7, 11) is 0. The second-order valence-corrected chi connectivity index (χ2v) is 4.58. The van der Waals surface area contributed by atoms with E-state index in [9.17, 15) is 18.0 Å². The predicted molar refractivity (Wildman–Crippen MR) is 75.1 cm³/mol. The Morgan fingerprint density at radius 2 is 1.91 bits per heavy atom. The predicted octanol–water partition coefficient (Wildman–Crippen LogP) is 3.13. The highest BCUT2D eigenvalue weighted by molar-refractivity contribution is 6.11. The molecule has 0 spiro atoms. The molecule has 9 heteroatoms. The minimum atomic E-state index is -4.64. The van der Waals surface area contributed by atoms with Crippen LogP contribution in [0.1, 0.15) is 15.9 Å². The van der Waals surface area contributed by atoms with Crippen molar-refractivity contribution in [1.29, 1.82) is 0 Å². The summed E-state index contributed by atoms with van der Waals surface area (Å²) in [5, 5.41) is 12.5. The van der Waals surface area contributed by atoms with Gasteiger partial charge in [0.15, 0.2) is 0 Å². The Labute approximate surface area is 127 Å². The number of anilines is 2. The van der Waals surface area contributed by atoms with Crippen LogP contribution in [0.5, 0.6) is 0 Å². The minimum absolute atomic E-state index is 0.230. The fraction of sp³-hybridized carbons (Fsp3) is 0.0714. The average molecular weight is 321 g/mol. The topological polar surface area (TPSA) is 77.7 Å². The molecule has 2 heterocycles. The zero-order valence-corrected chi connectivity index (χ0v) is 11.5. The molecule has 0 aliphatic heterocycles. The first-order valence-corrected chi connectivity index (χ1v) is 6.47. The third-order valence-electron chi connectivity index (χ3n) is 3.13. The minimum Gasteiger partial charge on any atom is -0.284 e. The molecule has 0 unspecified atom stereocenters. The monoisotopic (exact) mass is 321 g/mol. The van der Waals surface area contributed by atoms with Crippen LogP contribution in [0, 0.1) is 0 Å². The van der Waals surface area contributed by atoms with E-state index in [2.05, 4.69) is 20.4 Å². The first kappa shape index (κ1) is 14.8. The molecule has 0 saturated heterocycles. The van der Waals surface area contributed by atoms with E-state index in [1.807, 2.05) is 0 Å². The summed E-state index contributed by atoms with van der Waals surface area (Å²) in [6.45, 7) is 0. The summed E-state index contributed by atoms with van der Waals surface area (Å²) in [5.41, 5.74) is -1.18. The molecule has 1 aromatic carbocycles. The van der Waals surface area contributed by atoms with E-state index >= 15 is 0 Å². The lowest BCUT2D eigenvalue weighted by Gasteiger charge is -2.21. The standard InChI is InChI=1S/C14H10F3N5O/c15-14(16,17)11-4-2-1-3-10(11)13(23)22(9-7-19-20-8-9)12-5-6-18-21-12/h1-8H,(H,18,21)(H,19,20). The highest BCUT2D eigenvalue weighted by Gasteiger charge is 2.36. The van der Waals surface area contributed by atoms with Crippen molar-refractivity contribution >= 4 is 17.4 Å². The van der Waals surface area contributed by atoms with Crippen LogP contribution in [0.3, 0.4) is 0 Å². The molecule has 0 aliphatic carbocycles. The molecule has 1 amide bonds. The van der Waals surface area contributed by atoms with E-state index in [1.54, 1.807) is 0 Å². The lowest BCUT2D eigenvalue weighted by molar-refractivity contribution is -0.137. The molecule has 3 aromatic rings. The highest BCUT2D eigenvalue weighted by atomic mass is 19.4. The van der Waals surface area contributed by atoms with Gasteiger partial charge in [-0.15, -0.1) is 0 Å². The van der Waals surface area contributed by atoms with Crippen molar-refractivity contribution in [3.63, 3.8) is 0 Å². The number of alkyl halides is 3. The van der Waals surface area contributed by atoms with Crippen molar-refractivity contribution in [2.45, 2.75) is 6.18 Å². The number of carbonyl (C=O) groups excluding carboxylic acids is 1. The van der Waals surface area contributed by atoms with Gasteiger partial charge in [-0.1, -0.05) is 12.1 Å². The van der Waals surface area contributed by atoms with Gasteiger partial charge in [0, 0.05) is 12.3 Å². The van der Waals surface area contributed by atoms with Crippen LogP contribution in [0.25, 0.3) is 0 Å². The fourth-order valence-electron chi connectivity index (χ4n) is 2.14. The normalized spacial score (nSPS) is 11.4. The molecule has 2 aromatic heterocycles. The van der Waals surface area contributed by atoms with Crippen LogP contribution in [-0.2, 0) is 6.18 Å². The smallest absolute Gasteiger partial charge is 0.284 e. The van der Waals surface area contributed by atoms with Gasteiger partial charge < -0.3 is 0 Å². The van der Waals surface area contributed by atoms with E-state index in [4.69, 9.17) is 0 Å². The number of H-pyrrole nitrogens is 2. The Morgan fingerprint density at radius 3 is 2.52 bits per heavy atom. The van der Waals surface area contributed by atoms with Crippen LogP contribution in [0.2, 0.25) is 0 Å². The number of aromatic nitrogens is 4. The van der Waals surface area contributed by atoms with Gasteiger partial charge in [0.1, 0.15) is 5.82 Å². The first-order valence-electron chi connectivity index (χ1n) is 6.47. The van der Waals surface area contributed by atoms with E-state index < -0.39 is 23.2 Å². The van der Waals surface area contributed by atoms with E-state index in [0.717, 1.165) is 17.0 Å². The maximum atomic E-state index is 13.1. The first-order chi connectivity index (χ1) is 11.0. The summed E-state index contributed by atoms with van der Waals surface area (Å²) in [6, 6.07) is 6.09. The lowest BCUT2D eigenvalue weighted by Crippen LogP contribution is -2.28. The van der Waals surface area contributed by atoms with Crippen LogP contribution in [0.4, 0.5) is 24.7 Å². The second-order valence-electron chi connectivity index (χ2n) is 4.58. The lowest BCUT2D eigenvalue weighted by atomic mass is 10.1. The number of rotatable bonds is 3. The Hall–Kier alpha value is -3.10. The molecule has 23 heavy (non-hydrogen) atoms. The molecular formula is C14H10F3N5O. The summed E-state index contributed by atoms with van der Waals surface area (Å²) in [5.74, 6) is -0.614. The van der Waals surface area contributed by atoms with Crippen molar-refractivity contribution in [2.75, 3.05) is 4.90 Å². The molecule has 0 aliphatic rings. The molecule has 0 bridgehead atoms. The maximum Gasteiger partial charge on any atom is 0.417 e. The Bertz CT molecular complexity index is 762. The third kappa shape index (κ3) is 2.80. The van der Waals surface area contributed by atoms with Crippen molar-refractivity contribution < 1.29 is 18.0 Å². The molecule has 0 atom stereocenters. The number of hydrogen-bond donors (Lipinski definition) is 2. The maximum absolute atomic E-state index is 13.1. The van der Waals surface area contributed by atoms with Crippen molar-refractivity contribution in [3.8, 4) is 0 Å². The van der Waals surface area contributed by atoms with Gasteiger partial charge in [-0.25, -0.2) is 0 Å². The van der Waals surface area contributed by atoms with Gasteiger partial charge in [0.05, 0.1) is 29.2 Å². The molecular weight excluding hydrogens is 311 g/mol. The molecule has 0 radical (unpaired) electrons. The molecule has 118 valence electrons. The molecule has 3 rings (SSSR count). The summed E-state index contributed by atoms with van der Waals surface area (Å²) >= 11 is 0. The van der Waals surface area contributed by atoms with Crippen molar-refractivity contribution in [3.05, 3.63) is 60.0 Å². The average Bonchev–Trinajstić information content (AvgIpc) is 3.20. The van der Waals surface area contributed by atoms with Gasteiger partial charge in [0.25, 0.3) is 5.91 Å². The van der Waals surface area contributed by atoms with Crippen LogP contribution < -0.4 is 4.90 Å². The van der Waals surface area contributed by atoms with Crippen LogP contribution in [0.15, 0.2) is 48.9 Å². The number of hydrogen-bond acceptors (Lipinski definition) is 3. The van der Waals surface area contributed by atoms with Crippen molar-refractivity contribution in [1.82, 2.24) is 20.4 Å². The van der Waals surface area contributed by atoms with E-state index in [0.29, 0.717) is 0 Å². The molecule has 6 nitrogen and oxygen atoms in total. The van der Waals surface area contributed by atoms with Gasteiger partial charge >= 0.3 is 6.18 Å². The highest BCUT2D eigenvalue weighted by Crippen LogP contribution is 2.34. The van der Waals surface area contributed by atoms with Gasteiger partial charge in [-0.2, -0.15) is 23.4 Å². The SMILES string of the molecule is O=C(c1ccccc1C(F)(F)F)N(c1cn[nH]c1)c1ccn[nH]1. The fourth-order valence-corrected chi connectivity index (χ4v) is 2.14. The Kier molecular flexibility index (Phi) is 3.61. The Balaban J connectivity index is 2.11. The van der Waals surface area contributed by atoms with E-state index in [1.165, 1.54) is 36.8 Å². The second kappa shape index (κ2) is 5.59. The molecule has 2 N–H and O–H groups in total. The van der Waals surface area contributed by atoms with E-state index in [-0.39, 0.29) is 11.5 Å². The van der Waals surface area contributed by atoms with Gasteiger partial charge in [0.2, 0.25) is 0 Å². The number of benzene rings is 1. The van der Waals surface area contributed by atoms with Gasteiger partial charge in [-0.05, 0) is 12.1 Å². The zero-order valence-electron chi connectivity index (χ0n) is 11.5. The summed E-state index contributed by atoms with van der Waals surface area (Å²) in [4.78, 5) is 13.8. The number of aromatic amines is 2. The number of amides is 1. The van der Waals surface area contributed by atoms with Gasteiger partial charge in [-0.3, -0.25) is 19.9 Å². The Morgan fingerprint density at radius 1 is 1.13 bits per heavy atom. The number of carbonyl (C=O) groups is 1. The number of nitrogens with zero attached hydrogens (tertiary/aromatic N) is 3. The number of halogens is 3. The summed E-state index contributed by atoms with van der Waals surface area (Å²) in [6.07, 6.45) is -0.516.